The average Bonchev–Trinajstić information content (AvgIpc) is 2.24. The van der Waals surface area contributed by atoms with Crippen molar-refractivity contribution in [2.24, 2.45) is 0 Å². The molecule has 0 aliphatic carbocycles. The second kappa shape index (κ2) is 5.96. The molecule has 0 saturated carbocycles. The predicted molar refractivity (Wildman–Crippen MR) is 68.7 cm³/mol. The Balaban J connectivity index is 2.44. The Morgan fingerprint density at radius 2 is 1.89 bits per heavy atom. The van der Waals surface area contributed by atoms with E-state index in [0.29, 0.717) is 0 Å². The Labute approximate surface area is 107 Å². The SMILES string of the molecule is CC(NCC(=O)OC(C)(C)C)c1ccc(F)cc1. The molecule has 1 atom stereocenters. The zero-order chi connectivity index (χ0) is 13.8. The molecule has 0 aliphatic heterocycles. The number of esters is 1. The van der Waals surface area contributed by atoms with Crippen LogP contribution in [-0.4, -0.2) is 18.1 Å². The fourth-order valence-electron chi connectivity index (χ4n) is 1.48. The van der Waals surface area contributed by atoms with Crippen LogP contribution < -0.4 is 5.32 Å². The summed E-state index contributed by atoms with van der Waals surface area (Å²) >= 11 is 0. The van der Waals surface area contributed by atoms with Crippen molar-refractivity contribution in [2.75, 3.05) is 6.54 Å². The number of benzene rings is 1. The van der Waals surface area contributed by atoms with Gasteiger partial charge in [-0.15, -0.1) is 0 Å². The smallest absolute Gasteiger partial charge is 0.320 e. The highest BCUT2D eigenvalue weighted by molar-refractivity contribution is 5.72. The minimum atomic E-state index is -0.474. The van der Waals surface area contributed by atoms with E-state index in [0.717, 1.165) is 5.56 Å². The van der Waals surface area contributed by atoms with Gasteiger partial charge in [0.05, 0.1) is 6.54 Å². The van der Waals surface area contributed by atoms with E-state index in [2.05, 4.69) is 5.32 Å². The fourth-order valence-corrected chi connectivity index (χ4v) is 1.48. The van der Waals surface area contributed by atoms with Gasteiger partial charge in [-0.2, -0.15) is 0 Å². The van der Waals surface area contributed by atoms with Crippen LogP contribution in [0, 0.1) is 5.82 Å². The number of hydrogen-bond donors (Lipinski definition) is 1. The molecule has 1 aromatic carbocycles. The molecule has 18 heavy (non-hydrogen) atoms. The van der Waals surface area contributed by atoms with Gasteiger partial charge in [-0.3, -0.25) is 4.79 Å². The highest BCUT2D eigenvalue weighted by Crippen LogP contribution is 2.13. The molecule has 1 unspecified atom stereocenters. The maximum absolute atomic E-state index is 12.8. The third-order valence-electron chi connectivity index (χ3n) is 2.34. The molecule has 0 saturated heterocycles. The van der Waals surface area contributed by atoms with Crippen LogP contribution in [0.1, 0.15) is 39.3 Å². The van der Waals surface area contributed by atoms with Crippen LogP contribution >= 0.6 is 0 Å². The zero-order valence-corrected chi connectivity index (χ0v) is 11.3. The summed E-state index contributed by atoms with van der Waals surface area (Å²) in [7, 11) is 0. The standard InChI is InChI=1S/C14H20FNO2/c1-10(11-5-7-12(15)8-6-11)16-9-13(17)18-14(2,3)4/h5-8,10,16H,9H2,1-4H3. The number of hydrogen-bond acceptors (Lipinski definition) is 3. The Kier molecular flexibility index (Phi) is 4.84. The van der Waals surface area contributed by atoms with Crippen LogP contribution in [0.2, 0.25) is 0 Å². The van der Waals surface area contributed by atoms with Crippen molar-refractivity contribution in [3.05, 3.63) is 35.6 Å². The molecule has 3 nitrogen and oxygen atoms in total. The van der Waals surface area contributed by atoms with Crippen molar-refractivity contribution in [3.8, 4) is 0 Å². The molecular weight excluding hydrogens is 233 g/mol. The first kappa shape index (κ1) is 14.6. The van der Waals surface area contributed by atoms with E-state index in [9.17, 15) is 9.18 Å². The normalized spacial score (nSPS) is 13.2. The molecule has 100 valence electrons. The van der Waals surface area contributed by atoms with Gasteiger partial charge >= 0.3 is 5.97 Å². The molecule has 4 heteroatoms. The lowest BCUT2D eigenvalue weighted by Gasteiger charge is -2.21. The largest absolute Gasteiger partial charge is 0.459 e. The molecule has 0 spiro atoms. The van der Waals surface area contributed by atoms with Crippen molar-refractivity contribution in [3.63, 3.8) is 0 Å². The first-order valence-corrected chi connectivity index (χ1v) is 5.98. The summed E-state index contributed by atoms with van der Waals surface area (Å²) in [4.78, 5) is 11.5. The molecular formula is C14H20FNO2. The van der Waals surface area contributed by atoms with Crippen molar-refractivity contribution >= 4 is 5.97 Å². The number of halogens is 1. The average molecular weight is 253 g/mol. The van der Waals surface area contributed by atoms with E-state index >= 15 is 0 Å². The van der Waals surface area contributed by atoms with E-state index < -0.39 is 5.60 Å². The molecule has 0 bridgehead atoms. The lowest BCUT2D eigenvalue weighted by molar-refractivity contribution is -0.153. The summed E-state index contributed by atoms with van der Waals surface area (Å²) in [6.45, 7) is 7.53. The molecule has 1 N–H and O–H groups in total. The summed E-state index contributed by atoms with van der Waals surface area (Å²) in [5, 5.41) is 3.04. The monoisotopic (exact) mass is 253 g/mol. The Hall–Kier alpha value is -1.42. The molecule has 0 aliphatic rings. The minimum absolute atomic E-state index is 0.0295. The highest BCUT2D eigenvalue weighted by atomic mass is 19.1. The van der Waals surface area contributed by atoms with Gasteiger partial charge in [0.25, 0.3) is 0 Å². The minimum Gasteiger partial charge on any atom is -0.459 e. The van der Waals surface area contributed by atoms with Crippen LogP contribution in [0.4, 0.5) is 4.39 Å². The van der Waals surface area contributed by atoms with Gasteiger partial charge in [-0.25, -0.2) is 4.39 Å². The Morgan fingerprint density at radius 1 is 1.33 bits per heavy atom. The number of carbonyl (C=O) groups excluding carboxylic acids is 1. The summed E-state index contributed by atoms with van der Waals surface area (Å²) in [5.41, 5.74) is 0.456. The number of carbonyl (C=O) groups is 1. The van der Waals surface area contributed by atoms with Gasteiger partial charge < -0.3 is 10.1 Å². The molecule has 0 fully saturated rings. The lowest BCUT2D eigenvalue weighted by Crippen LogP contribution is -2.32. The van der Waals surface area contributed by atoms with Gasteiger partial charge in [-0.1, -0.05) is 12.1 Å². The van der Waals surface area contributed by atoms with Crippen LogP contribution in [0.15, 0.2) is 24.3 Å². The van der Waals surface area contributed by atoms with Crippen molar-refractivity contribution < 1.29 is 13.9 Å². The third-order valence-corrected chi connectivity index (χ3v) is 2.34. The second-order valence-corrected chi connectivity index (χ2v) is 5.24. The fraction of sp³-hybridized carbons (Fsp3) is 0.500. The maximum atomic E-state index is 12.8. The van der Waals surface area contributed by atoms with Gasteiger partial charge in [-0.05, 0) is 45.4 Å². The summed E-state index contributed by atoms with van der Waals surface area (Å²) in [6, 6.07) is 6.17. The number of nitrogens with one attached hydrogen (secondary N) is 1. The van der Waals surface area contributed by atoms with Gasteiger partial charge in [0, 0.05) is 6.04 Å². The lowest BCUT2D eigenvalue weighted by atomic mass is 10.1. The predicted octanol–water partition coefficient (Wildman–Crippen LogP) is 2.82. The third kappa shape index (κ3) is 5.27. The van der Waals surface area contributed by atoms with E-state index in [1.165, 1.54) is 12.1 Å². The highest BCUT2D eigenvalue weighted by Gasteiger charge is 2.16. The van der Waals surface area contributed by atoms with E-state index in [-0.39, 0.29) is 24.4 Å². The summed E-state index contributed by atoms with van der Waals surface area (Å²) in [6.07, 6.45) is 0. The number of ether oxygens (including phenoxy) is 1. The van der Waals surface area contributed by atoms with E-state index in [1.807, 2.05) is 27.7 Å². The van der Waals surface area contributed by atoms with Crippen molar-refractivity contribution in [2.45, 2.75) is 39.3 Å². The molecule has 0 heterocycles. The van der Waals surface area contributed by atoms with Crippen LogP contribution in [0.3, 0.4) is 0 Å². The van der Waals surface area contributed by atoms with Gasteiger partial charge in [0.2, 0.25) is 0 Å². The van der Waals surface area contributed by atoms with Crippen molar-refractivity contribution in [1.29, 1.82) is 0 Å². The first-order valence-electron chi connectivity index (χ1n) is 5.98. The summed E-state index contributed by atoms with van der Waals surface area (Å²) < 4.78 is 17.9. The molecule has 0 radical (unpaired) electrons. The molecule has 0 aromatic heterocycles. The Bertz CT molecular complexity index is 395. The van der Waals surface area contributed by atoms with Crippen LogP contribution in [0.25, 0.3) is 0 Å². The number of rotatable bonds is 4. The first-order chi connectivity index (χ1) is 8.28. The molecule has 1 aromatic rings. The van der Waals surface area contributed by atoms with E-state index in [1.54, 1.807) is 12.1 Å². The maximum Gasteiger partial charge on any atom is 0.320 e. The second-order valence-electron chi connectivity index (χ2n) is 5.24. The Morgan fingerprint density at radius 3 is 2.39 bits per heavy atom. The van der Waals surface area contributed by atoms with E-state index in [4.69, 9.17) is 4.74 Å². The quantitative estimate of drug-likeness (QED) is 0.838. The van der Waals surface area contributed by atoms with Crippen molar-refractivity contribution in [1.82, 2.24) is 5.32 Å². The van der Waals surface area contributed by atoms with Crippen LogP contribution in [-0.2, 0) is 9.53 Å². The molecule has 1 rings (SSSR count). The van der Waals surface area contributed by atoms with Crippen LogP contribution in [0.5, 0.6) is 0 Å². The summed E-state index contributed by atoms with van der Waals surface area (Å²) in [5.74, 6) is -0.561. The van der Waals surface area contributed by atoms with Gasteiger partial charge in [0.1, 0.15) is 11.4 Å². The molecule has 0 amide bonds. The van der Waals surface area contributed by atoms with Gasteiger partial charge in [0.15, 0.2) is 0 Å². The topological polar surface area (TPSA) is 38.3 Å². The zero-order valence-electron chi connectivity index (χ0n) is 11.3.